The maximum Gasteiger partial charge on any atom is 0.229 e. The molecule has 0 saturated carbocycles. The number of carbonyl (C=O) groups is 1. The van der Waals surface area contributed by atoms with Gasteiger partial charge in [-0.1, -0.05) is 42.3 Å². The second-order valence-electron chi connectivity index (χ2n) is 6.46. The average Bonchev–Trinajstić information content (AvgIpc) is 2.54. The Morgan fingerprint density at radius 3 is 2.48 bits per heavy atom. The third-order valence-electron chi connectivity index (χ3n) is 4.55. The molecule has 6 heteroatoms. The molecule has 132 valence electrons. The van der Waals surface area contributed by atoms with Gasteiger partial charge in [0.2, 0.25) is 5.91 Å². The van der Waals surface area contributed by atoms with Gasteiger partial charge in [-0.25, -0.2) is 8.78 Å². The highest BCUT2D eigenvalue weighted by Gasteiger charge is 2.34. The SMILES string of the molecule is C[C@H]1C[C@@H](Cc2ccc(F)cc2F)CN(c2c(Cl)cccc2Cl)C1=O. The lowest BCUT2D eigenvalue weighted by Crippen LogP contribution is -2.45. The molecule has 1 fully saturated rings. The highest BCUT2D eigenvalue weighted by Crippen LogP contribution is 2.38. The van der Waals surface area contributed by atoms with Crippen molar-refractivity contribution in [1.29, 1.82) is 0 Å². The Morgan fingerprint density at radius 1 is 1.16 bits per heavy atom. The summed E-state index contributed by atoms with van der Waals surface area (Å²) in [6.45, 7) is 2.23. The molecule has 0 bridgehead atoms. The number of hydrogen-bond acceptors (Lipinski definition) is 1. The van der Waals surface area contributed by atoms with Gasteiger partial charge >= 0.3 is 0 Å². The zero-order valence-electron chi connectivity index (χ0n) is 13.6. The molecule has 0 aromatic heterocycles. The number of nitrogens with zero attached hydrogens (tertiary/aromatic N) is 1. The van der Waals surface area contributed by atoms with Gasteiger partial charge in [0.05, 0.1) is 15.7 Å². The fraction of sp³-hybridized carbons (Fsp3) is 0.316. The Morgan fingerprint density at radius 2 is 1.84 bits per heavy atom. The molecule has 1 aliphatic heterocycles. The summed E-state index contributed by atoms with van der Waals surface area (Å²) in [4.78, 5) is 14.2. The molecule has 0 aliphatic carbocycles. The fourth-order valence-electron chi connectivity index (χ4n) is 3.38. The van der Waals surface area contributed by atoms with Crippen LogP contribution in [0, 0.1) is 23.5 Å². The van der Waals surface area contributed by atoms with Crippen molar-refractivity contribution < 1.29 is 13.6 Å². The molecular weight excluding hydrogens is 367 g/mol. The van der Waals surface area contributed by atoms with Gasteiger partial charge in [-0.2, -0.15) is 0 Å². The zero-order valence-corrected chi connectivity index (χ0v) is 15.1. The van der Waals surface area contributed by atoms with Crippen LogP contribution in [0.1, 0.15) is 18.9 Å². The summed E-state index contributed by atoms with van der Waals surface area (Å²) >= 11 is 12.5. The van der Waals surface area contributed by atoms with Gasteiger partial charge in [0.25, 0.3) is 0 Å². The molecule has 1 saturated heterocycles. The minimum absolute atomic E-state index is 0.0278. The zero-order chi connectivity index (χ0) is 18.1. The minimum Gasteiger partial charge on any atom is -0.309 e. The number of para-hydroxylation sites is 1. The number of benzene rings is 2. The molecule has 1 aliphatic rings. The van der Waals surface area contributed by atoms with Crippen LogP contribution < -0.4 is 4.90 Å². The van der Waals surface area contributed by atoms with E-state index in [0.29, 0.717) is 40.7 Å². The largest absolute Gasteiger partial charge is 0.309 e. The van der Waals surface area contributed by atoms with Crippen molar-refractivity contribution >= 4 is 34.8 Å². The van der Waals surface area contributed by atoms with E-state index in [0.717, 1.165) is 6.07 Å². The number of carbonyl (C=O) groups excluding carboxylic acids is 1. The summed E-state index contributed by atoms with van der Waals surface area (Å²) in [6, 6.07) is 8.68. The van der Waals surface area contributed by atoms with Gasteiger partial charge in [-0.05, 0) is 42.5 Å². The van der Waals surface area contributed by atoms with Crippen LogP contribution in [-0.4, -0.2) is 12.5 Å². The lowest BCUT2D eigenvalue weighted by molar-refractivity contribution is -0.124. The van der Waals surface area contributed by atoms with Crippen molar-refractivity contribution in [1.82, 2.24) is 0 Å². The monoisotopic (exact) mass is 383 g/mol. The average molecular weight is 384 g/mol. The highest BCUT2D eigenvalue weighted by molar-refractivity contribution is 6.40. The Kier molecular flexibility index (Phi) is 5.30. The first-order valence-electron chi connectivity index (χ1n) is 8.06. The third-order valence-corrected chi connectivity index (χ3v) is 5.16. The van der Waals surface area contributed by atoms with E-state index >= 15 is 0 Å². The summed E-state index contributed by atoms with van der Waals surface area (Å²) in [5, 5.41) is 0.809. The number of anilines is 1. The quantitative estimate of drug-likeness (QED) is 0.684. The van der Waals surface area contributed by atoms with E-state index in [1.165, 1.54) is 12.1 Å². The summed E-state index contributed by atoms with van der Waals surface area (Å²) in [5.74, 6) is -1.41. The molecule has 0 radical (unpaired) electrons. The third kappa shape index (κ3) is 3.80. The predicted octanol–water partition coefficient (Wildman–Crippen LogP) is 5.50. The Bertz CT molecular complexity index is 792. The topological polar surface area (TPSA) is 20.3 Å². The summed E-state index contributed by atoms with van der Waals surface area (Å²) in [7, 11) is 0. The number of amides is 1. The fourth-order valence-corrected chi connectivity index (χ4v) is 3.99. The van der Waals surface area contributed by atoms with E-state index in [4.69, 9.17) is 23.2 Å². The predicted molar refractivity (Wildman–Crippen MR) is 96.1 cm³/mol. The van der Waals surface area contributed by atoms with E-state index in [9.17, 15) is 13.6 Å². The van der Waals surface area contributed by atoms with Gasteiger partial charge in [0.15, 0.2) is 0 Å². The second-order valence-corrected chi connectivity index (χ2v) is 7.28. The summed E-state index contributed by atoms with van der Waals surface area (Å²) in [5.41, 5.74) is 0.935. The molecule has 2 atom stereocenters. The number of hydrogen-bond donors (Lipinski definition) is 0. The van der Waals surface area contributed by atoms with E-state index in [1.54, 1.807) is 23.1 Å². The van der Waals surface area contributed by atoms with Crippen LogP contribution >= 0.6 is 23.2 Å². The van der Waals surface area contributed by atoms with Crippen LogP contribution in [0.5, 0.6) is 0 Å². The van der Waals surface area contributed by atoms with Crippen LogP contribution in [0.3, 0.4) is 0 Å². The maximum absolute atomic E-state index is 14.0. The van der Waals surface area contributed by atoms with Gasteiger partial charge in [0, 0.05) is 18.5 Å². The van der Waals surface area contributed by atoms with Gasteiger partial charge in [-0.15, -0.1) is 0 Å². The normalized spacial score (nSPS) is 20.8. The lowest BCUT2D eigenvalue weighted by atomic mass is 9.85. The van der Waals surface area contributed by atoms with E-state index in [2.05, 4.69) is 0 Å². The van der Waals surface area contributed by atoms with E-state index in [1.807, 2.05) is 6.92 Å². The molecule has 3 rings (SSSR count). The van der Waals surface area contributed by atoms with E-state index < -0.39 is 11.6 Å². The smallest absolute Gasteiger partial charge is 0.229 e. The first-order chi connectivity index (χ1) is 11.9. The Balaban J connectivity index is 1.87. The first-order valence-corrected chi connectivity index (χ1v) is 8.81. The Hall–Kier alpha value is -1.65. The molecule has 2 aromatic rings. The van der Waals surface area contributed by atoms with Gasteiger partial charge in [-0.3, -0.25) is 4.79 Å². The molecule has 0 N–H and O–H groups in total. The van der Waals surface area contributed by atoms with Gasteiger partial charge < -0.3 is 4.90 Å². The first kappa shape index (κ1) is 18.2. The number of piperidine rings is 1. The Labute approximate surface area is 155 Å². The molecule has 1 heterocycles. The van der Waals surface area contributed by atoms with Crippen molar-refractivity contribution in [2.24, 2.45) is 11.8 Å². The van der Waals surface area contributed by atoms with Crippen molar-refractivity contribution in [3.63, 3.8) is 0 Å². The number of rotatable bonds is 3. The van der Waals surface area contributed by atoms with Crippen LogP contribution in [0.25, 0.3) is 0 Å². The molecule has 1 amide bonds. The number of halogens is 4. The lowest BCUT2D eigenvalue weighted by Gasteiger charge is -2.37. The van der Waals surface area contributed by atoms with E-state index in [-0.39, 0.29) is 17.7 Å². The van der Waals surface area contributed by atoms with Crippen molar-refractivity contribution in [3.05, 3.63) is 63.6 Å². The molecule has 25 heavy (non-hydrogen) atoms. The highest BCUT2D eigenvalue weighted by atomic mass is 35.5. The summed E-state index contributed by atoms with van der Waals surface area (Å²) < 4.78 is 27.1. The molecule has 0 spiro atoms. The van der Waals surface area contributed by atoms with Crippen LogP contribution in [-0.2, 0) is 11.2 Å². The van der Waals surface area contributed by atoms with Crippen molar-refractivity contribution in [2.45, 2.75) is 19.8 Å². The molecule has 0 unspecified atom stereocenters. The molecule has 2 aromatic carbocycles. The van der Waals surface area contributed by atoms with Crippen molar-refractivity contribution in [3.8, 4) is 0 Å². The van der Waals surface area contributed by atoms with Crippen LogP contribution in [0.15, 0.2) is 36.4 Å². The van der Waals surface area contributed by atoms with Gasteiger partial charge in [0.1, 0.15) is 11.6 Å². The molecular formula is C19H17Cl2F2NO. The minimum atomic E-state index is -0.599. The second kappa shape index (κ2) is 7.30. The van der Waals surface area contributed by atoms with Crippen molar-refractivity contribution in [2.75, 3.05) is 11.4 Å². The van der Waals surface area contributed by atoms with Crippen LogP contribution in [0.4, 0.5) is 14.5 Å². The van der Waals surface area contributed by atoms with Crippen LogP contribution in [0.2, 0.25) is 10.0 Å². The summed E-state index contributed by atoms with van der Waals surface area (Å²) in [6.07, 6.45) is 1.05. The standard InChI is InChI=1S/C19H17Cl2F2NO/c1-11-7-12(8-13-5-6-14(22)9-17(13)23)10-24(19(11)25)18-15(20)3-2-4-16(18)21/h2-6,9,11-12H,7-8,10H2,1H3/t11-,12-/m0/s1. The molecule has 2 nitrogen and oxygen atoms in total. The maximum atomic E-state index is 14.0.